The van der Waals surface area contributed by atoms with E-state index in [0.717, 1.165) is 4.57 Å². The van der Waals surface area contributed by atoms with Gasteiger partial charge in [-0.05, 0) is 31.2 Å². The molecule has 172 valence electrons. The van der Waals surface area contributed by atoms with Crippen molar-refractivity contribution in [1.82, 2.24) is 14.5 Å². The molecule has 0 radical (unpaired) electrons. The molecule has 33 heavy (non-hydrogen) atoms. The number of esters is 1. The Kier molecular flexibility index (Phi) is 6.43. The summed E-state index contributed by atoms with van der Waals surface area (Å²) < 4.78 is 17.8. The molecule has 1 atom stereocenters. The maximum absolute atomic E-state index is 12.6. The molecule has 2 heterocycles. The molecule has 10 nitrogen and oxygen atoms in total. The number of ether oxygens (including phenoxy) is 3. The molecule has 1 N–H and O–H groups in total. The third kappa shape index (κ3) is 4.89. The molecule has 1 unspecified atom stereocenters. The van der Waals surface area contributed by atoms with E-state index in [9.17, 15) is 19.2 Å². The number of carbonyl (C=O) groups excluding carboxylic acids is 2. The lowest BCUT2D eigenvalue weighted by Crippen LogP contribution is -2.45. The molecule has 1 aromatic heterocycles. The van der Waals surface area contributed by atoms with E-state index in [1.54, 1.807) is 30.3 Å². The molecule has 0 aliphatic carbocycles. The van der Waals surface area contributed by atoms with Gasteiger partial charge < -0.3 is 19.1 Å². The molecule has 0 bridgehead atoms. The van der Waals surface area contributed by atoms with Crippen LogP contribution in [-0.2, 0) is 20.9 Å². The van der Waals surface area contributed by atoms with Crippen molar-refractivity contribution < 1.29 is 23.8 Å². The molecule has 0 saturated heterocycles. The van der Waals surface area contributed by atoms with Gasteiger partial charge in [-0.3, -0.25) is 23.9 Å². The highest BCUT2D eigenvalue weighted by Gasteiger charge is 2.25. The average Bonchev–Trinajstić information content (AvgIpc) is 2.83. The highest BCUT2D eigenvalue weighted by molar-refractivity contribution is 5.82. The number of aromatic nitrogens is 2. The largest absolute Gasteiger partial charge is 0.486 e. The molecule has 3 aromatic rings. The fourth-order valence-electron chi connectivity index (χ4n) is 3.61. The van der Waals surface area contributed by atoms with Crippen molar-refractivity contribution >= 4 is 22.8 Å². The second kappa shape index (κ2) is 9.60. The van der Waals surface area contributed by atoms with Gasteiger partial charge in [-0.2, -0.15) is 0 Å². The summed E-state index contributed by atoms with van der Waals surface area (Å²) in [6.45, 7) is 1.85. The van der Waals surface area contributed by atoms with E-state index >= 15 is 0 Å². The molecule has 0 saturated carbocycles. The number of nitrogens with one attached hydrogen (secondary N) is 1. The van der Waals surface area contributed by atoms with Gasteiger partial charge in [0, 0.05) is 6.54 Å². The lowest BCUT2D eigenvalue weighted by Gasteiger charge is -2.30. The number of likely N-dealkylation sites (N-methyl/N-ethyl adjacent to an activating group) is 1. The van der Waals surface area contributed by atoms with Crippen molar-refractivity contribution in [2.45, 2.75) is 19.6 Å². The quantitative estimate of drug-likeness (QED) is 0.528. The minimum atomic E-state index is -0.773. The monoisotopic (exact) mass is 453 g/mol. The Hall–Kier alpha value is -4.08. The number of fused-ring (bicyclic) bond motifs is 2. The Labute approximate surface area is 188 Å². The van der Waals surface area contributed by atoms with Gasteiger partial charge in [0.25, 0.3) is 11.5 Å². The van der Waals surface area contributed by atoms with Crippen LogP contribution in [0.2, 0.25) is 0 Å². The summed E-state index contributed by atoms with van der Waals surface area (Å²) in [5.41, 5.74) is -0.961. The summed E-state index contributed by atoms with van der Waals surface area (Å²) >= 11 is 0. The fraction of sp³-hybridized carbons (Fsp3) is 0.304. The minimum absolute atomic E-state index is 0.269. The van der Waals surface area contributed by atoms with E-state index in [2.05, 4.69) is 4.98 Å². The Morgan fingerprint density at radius 3 is 2.64 bits per heavy atom. The van der Waals surface area contributed by atoms with Crippen LogP contribution in [0.5, 0.6) is 11.5 Å². The third-order valence-electron chi connectivity index (χ3n) is 5.27. The number of rotatable bonds is 7. The zero-order valence-electron chi connectivity index (χ0n) is 18.0. The highest BCUT2D eigenvalue weighted by Crippen LogP contribution is 2.31. The lowest BCUT2D eigenvalue weighted by atomic mass is 10.2. The van der Waals surface area contributed by atoms with E-state index in [1.807, 2.05) is 25.1 Å². The SMILES string of the molecule is CCN(CC1COc2ccccc2O1)C(=O)COC(=O)Cn1c(=O)[nH]c(=O)c2ccccc21. The van der Waals surface area contributed by atoms with E-state index in [0.29, 0.717) is 30.2 Å². The molecule has 1 aliphatic rings. The van der Waals surface area contributed by atoms with Gasteiger partial charge in [-0.25, -0.2) is 4.79 Å². The van der Waals surface area contributed by atoms with Crippen LogP contribution in [0.25, 0.3) is 10.9 Å². The molecule has 0 spiro atoms. The number of benzene rings is 2. The molecular weight excluding hydrogens is 430 g/mol. The number of hydrogen-bond acceptors (Lipinski definition) is 7. The van der Waals surface area contributed by atoms with Crippen LogP contribution < -0.4 is 20.7 Å². The second-order valence-corrected chi connectivity index (χ2v) is 7.45. The van der Waals surface area contributed by atoms with Crippen molar-refractivity contribution in [3.63, 3.8) is 0 Å². The third-order valence-corrected chi connectivity index (χ3v) is 5.27. The van der Waals surface area contributed by atoms with Gasteiger partial charge in [0.1, 0.15) is 13.2 Å². The van der Waals surface area contributed by atoms with Crippen LogP contribution in [0.3, 0.4) is 0 Å². The topological polar surface area (TPSA) is 120 Å². The first kappa shape index (κ1) is 22.1. The fourth-order valence-corrected chi connectivity index (χ4v) is 3.61. The van der Waals surface area contributed by atoms with E-state index in [-0.39, 0.29) is 18.0 Å². The van der Waals surface area contributed by atoms with Crippen LogP contribution in [0.15, 0.2) is 58.1 Å². The summed E-state index contributed by atoms with van der Waals surface area (Å²) in [5, 5.41) is 0.273. The standard InChI is InChI=1S/C23H23N3O7/c1-2-25(11-15-13-31-18-9-5-6-10-19(18)33-15)20(27)14-32-21(28)12-26-17-8-4-3-7-16(17)22(29)24-23(26)30/h3-10,15H,2,11-14H2,1H3,(H,24,29,30). The predicted octanol–water partition coefficient (Wildman–Crippen LogP) is 0.921. The maximum Gasteiger partial charge on any atom is 0.329 e. The van der Waals surface area contributed by atoms with Gasteiger partial charge in [-0.1, -0.05) is 24.3 Å². The maximum atomic E-state index is 12.6. The van der Waals surface area contributed by atoms with Crippen LogP contribution in [-0.4, -0.2) is 58.7 Å². The summed E-state index contributed by atoms with van der Waals surface area (Å²) in [7, 11) is 0. The number of nitrogens with zero attached hydrogens (tertiary/aromatic N) is 2. The first-order valence-corrected chi connectivity index (χ1v) is 10.5. The zero-order chi connectivity index (χ0) is 23.4. The Balaban J connectivity index is 1.35. The smallest absolute Gasteiger partial charge is 0.329 e. The lowest BCUT2D eigenvalue weighted by molar-refractivity contribution is -0.153. The molecular formula is C23H23N3O7. The van der Waals surface area contributed by atoms with Crippen molar-refractivity contribution in [2.75, 3.05) is 26.3 Å². The number of aromatic amines is 1. The van der Waals surface area contributed by atoms with Crippen LogP contribution in [0, 0.1) is 0 Å². The molecule has 1 aliphatic heterocycles. The van der Waals surface area contributed by atoms with Gasteiger partial charge in [0.15, 0.2) is 24.2 Å². The molecule has 1 amide bonds. The van der Waals surface area contributed by atoms with E-state index < -0.39 is 36.3 Å². The number of amides is 1. The summed E-state index contributed by atoms with van der Waals surface area (Å²) in [5.74, 6) is 0.0983. The van der Waals surface area contributed by atoms with Crippen LogP contribution >= 0.6 is 0 Å². The zero-order valence-corrected chi connectivity index (χ0v) is 18.0. The van der Waals surface area contributed by atoms with Crippen molar-refractivity contribution in [3.05, 3.63) is 69.4 Å². The number of H-pyrrole nitrogens is 1. The van der Waals surface area contributed by atoms with Crippen molar-refractivity contribution in [3.8, 4) is 11.5 Å². The molecule has 10 heteroatoms. The van der Waals surface area contributed by atoms with Gasteiger partial charge in [0.05, 0.1) is 17.4 Å². The highest BCUT2D eigenvalue weighted by atomic mass is 16.6. The van der Waals surface area contributed by atoms with Crippen molar-refractivity contribution in [2.24, 2.45) is 0 Å². The first-order valence-electron chi connectivity index (χ1n) is 10.5. The minimum Gasteiger partial charge on any atom is -0.486 e. The van der Waals surface area contributed by atoms with E-state index in [1.165, 1.54) is 4.90 Å². The van der Waals surface area contributed by atoms with Crippen LogP contribution in [0.1, 0.15) is 6.92 Å². The summed E-state index contributed by atoms with van der Waals surface area (Å²) in [6.07, 6.45) is -0.356. The summed E-state index contributed by atoms with van der Waals surface area (Å²) in [4.78, 5) is 52.8. The van der Waals surface area contributed by atoms with Gasteiger partial charge in [-0.15, -0.1) is 0 Å². The second-order valence-electron chi connectivity index (χ2n) is 7.45. The van der Waals surface area contributed by atoms with Crippen molar-refractivity contribution in [1.29, 1.82) is 0 Å². The number of para-hydroxylation sites is 3. The van der Waals surface area contributed by atoms with Gasteiger partial charge >= 0.3 is 11.7 Å². The normalized spacial score (nSPS) is 14.6. The summed E-state index contributed by atoms with van der Waals surface area (Å²) in [6, 6.07) is 13.7. The first-order chi connectivity index (χ1) is 16.0. The Bertz CT molecular complexity index is 1300. The Morgan fingerprint density at radius 2 is 1.85 bits per heavy atom. The number of hydrogen-bond donors (Lipinski definition) is 1. The molecule has 2 aromatic carbocycles. The average molecular weight is 453 g/mol. The molecule has 4 rings (SSSR count). The number of carbonyl (C=O) groups is 2. The van der Waals surface area contributed by atoms with E-state index in [4.69, 9.17) is 14.2 Å². The van der Waals surface area contributed by atoms with Crippen LogP contribution in [0.4, 0.5) is 0 Å². The predicted molar refractivity (Wildman–Crippen MR) is 118 cm³/mol. The Morgan fingerprint density at radius 1 is 1.12 bits per heavy atom. The van der Waals surface area contributed by atoms with Gasteiger partial charge in [0.2, 0.25) is 0 Å². The molecule has 0 fully saturated rings.